The lowest BCUT2D eigenvalue weighted by atomic mass is 9.81. The summed E-state index contributed by atoms with van der Waals surface area (Å²) < 4.78 is 10.1. The maximum absolute atomic E-state index is 12.2. The van der Waals surface area contributed by atoms with Crippen molar-refractivity contribution in [2.24, 2.45) is 11.8 Å². The molecule has 0 radical (unpaired) electrons. The number of carbonyl (C=O) groups excluding carboxylic acids is 1. The molecule has 21 heavy (non-hydrogen) atoms. The fourth-order valence-corrected chi connectivity index (χ4v) is 2.91. The van der Waals surface area contributed by atoms with E-state index in [1.165, 1.54) is 32.1 Å². The van der Waals surface area contributed by atoms with Gasteiger partial charge in [-0.25, -0.2) is 4.79 Å². The number of rotatable bonds is 9. The van der Waals surface area contributed by atoms with Crippen molar-refractivity contribution in [3.63, 3.8) is 0 Å². The number of hydrogen-bond donors (Lipinski definition) is 1. The summed E-state index contributed by atoms with van der Waals surface area (Å²) in [5.41, 5.74) is 0. The van der Waals surface area contributed by atoms with Gasteiger partial charge < -0.3 is 19.7 Å². The summed E-state index contributed by atoms with van der Waals surface area (Å²) in [5.74, 6) is 1.54. The summed E-state index contributed by atoms with van der Waals surface area (Å²) in [6.07, 6.45) is 6.41. The van der Waals surface area contributed by atoms with Crippen molar-refractivity contribution in [2.45, 2.75) is 39.0 Å². The van der Waals surface area contributed by atoms with Crippen molar-refractivity contribution < 1.29 is 14.3 Å². The first kappa shape index (κ1) is 18.2. The van der Waals surface area contributed by atoms with Gasteiger partial charge in [0, 0.05) is 33.9 Å². The summed E-state index contributed by atoms with van der Waals surface area (Å²) in [6.45, 7) is 5.39. The summed E-state index contributed by atoms with van der Waals surface area (Å²) in [7, 11) is 3.30. The van der Waals surface area contributed by atoms with Crippen LogP contribution in [0, 0.1) is 11.8 Å². The molecule has 2 amide bonds. The normalized spacial score (nSPS) is 22.0. The number of nitrogens with one attached hydrogen (secondary N) is 1. The highest BCUT2D eigenvalue weighted by molar-refractivity contribution is 5.74. The molecule has 0 aliphatic heterocycles. The minimum absolute atomic E-state index is 0.00159. The van der Waals surface area contributed by atoms with Crippen molar-refractivity contribution in [3.8, 4) is 0 Å². The van der Waals surface area contributed by atoms with Crippen molar-refractivity contribution in [2.75, 3.05) is 47.1 Å². The number of amides is 2. The van der Waals surface area contributed by atoms with Crippen LogP contribution < -0.4 is 5.32 Å². The lowest BCUT2D eigenvalue weighted by molar-refractivity contribution is 0.121. The first-order chi connectivity index (χ1) is 10.2. The van der Waals surface area contributed by atoms with Gasteiger partial charge in [-0.3, -0.25) is 0 Å². The molecule has 5 heteroatoms. The average Bonchev–Trinajstić information content (AvgIpc) is 2.53. The molecule has 1 N–H and O–H groups in total. The van der Waals surface area contributed by atoms with E-state index in [1.807, 2.05) is 0 Å². The van der Waals surface area contributed by atoms with E-state index >= 15 is 0 Å². The van der Waals surface area contributed by atoms with Crippen LogP contribution in [0.4, 0.5) is 4.79 Å². The van der Waals surface area contributed by atoms with Crippen molar-refractivity contribution in [1.29, 1.82) is 0 Å². The maximum Gasteiger partial charge on any atom is 0.317 e. The molecule has 1 aliphatic carbocycles. The largest absolute Gasteiger partial charge is 0.383 e. The molecule has 0 aromatic heterocycles. The molecule has 1 fully saturated rings. The molecule has 0 atom stereocenters. The van der Waals surface area contributed by atoms with E-state index in [-0.39, 0.29) is 6.03 Å². The lowest BCUT2D eigenvalue weighted by Crippen LogP contribution is -2.45. The van der Waals surface area contributed by atoms with E-state index < -0.39 is 0 Å². The van der Waals surface area contributed by atoms with Crippen molar-refractivity contribution >= 4 is 6.03 Å². The standard InChI is InChI=1S/C16H32N2O3/c1-4-14-5-7-15(8-6-14)13-17-16(19)18(9-11-20-2)10-12-21-3/h14-15H,4-13H2,1-3H3,(H,17,19). The third-order valence-corrected chi connectivity index (χ3v) is 4.50. The van der Waals surface area contributed by atoms with Gasteiger partial charge in [-0.05, 0) is 24.7 Å². The first-order valence-corrected chi connectivity index (χ1v) is 8.21. The number of methoxy groups -OCH3 is 2. The van der Waals surface area contributed by atoms with Crippen LogP contribution in [0.1, 0.15) is 39.0 Å². The number of hydrogen-bond acceptors (Lipinski definition) is 3. The summed E-state index contributed by atoms with van der Waals surface area (Å²) >= 11 is 0. The molecule has 0 spiro atoms. The number of ether oxygens (including phenoxy) is 2. The van der Waals surface area contributed by atoms with E-state index in [9.17, 15) is 4.79 Å². The van der Waals surface area contributed by atoms with Crippen LogP contribution in [-0.2, 0) is 9.47 Å². The van der Waals surface area contributed by atoms with E-state index in [2.05, 4.69) is 12.2 Å². The highest BCUT2D eigenvalue weighted by atomic mass is 16.5. The third-order valence-electron chi connectivity index (χ3n) is 4.50. The monoisotopic (exact) mass is 300 g/mol. The number of carbonyl (C=O) groups is 1. The zero-order valence-corrected chi connectivity index (χ0v) is 13.9. The van der Waals surface area contributed by atoms with E-state index in [4.69, 9.17) is 9.47 Å². The Morgan fingerprint density at radius 2 is 1.57 bits per heavy atom. The van der Waals surface area contributed by atoms with Gasteiger partial charge in [0.1, 0.15) is 0 Å². The highest BCUT2D eigenvalue weighted by Crippen LogP contribution is 2.30. The molecule has 0 unspecified atom stereocenters. The summed E-state index contributed by atoms with van der Waals surface area (Å²) in [5, 5.41) is 3.08. The van der Waals surface area contributed by atoms with E-state index in [0.29, 0.717) is 32.2 Å². The lowest BCUT2D eigenvalue weighted by Gasteiger charge is -2.29. The Labute approximate surface area is 129 Å². The summed E-state index contributed by atoms with van der Waals surface area (Å²) in [4.78, 5) is 14.0. The molecule has 0 aromatic rings. The second-order valence-electron chi connectivity index (χ2n) is 5.95. The molecule has 124 valence electrons. The van der Waals surface area contributed by atoms with Gasteiger partial charge in [0.15, 0.2) is 0 Å². The average molecular weight is 300 g/mol. The second-order valence-corrected chi connectivity index (χ2v) is 5.95. The van der Waals surface area contributed by atoms with Gasteiger partial charge in [0.25, 0.3) is 0 Å². The van der Waals surface area contributed by atoms with Gasteiger partial charge in [-0.2, -0.15) is 0 Å². The molecule has 1 saturated carbocycles. The fourth-order valence-electron chi connectivity index (χ4n) is 2.91. The molecule has 0 bridgehead atoms. The molecular weight excluding hydrogens is 268 g/mol. The Morgan fingerprint density at radius 1 is 1.05 bits per heavy atom. The van der Waals surface area contributed by atoms with Crippen LogP contribution in [0.2, 0.25) is 0 Å². The topological polar surface area (TPSA) is 50.8 Å². The van der Waals surface area contributed by atoms with Crippen LogP contribution in [-0.4, -0.2) is 58.0 Å². The van der Waals surface area contributed by atoms with Gasteiger partial charge >= 0.3 is 6.03 Å². The quantitative estimate of drug-likeness (QED) is 0.712. The predicted molar refractivity (Wildman–Crippen MR) is 84.5 cm³/mol. The molecule has 0 heterocycles. The maximum atomic E-state index is 12.2. The number of urea groups is 1. The van der Waals surface area contributed by atoms with E-state index in [0.717, 1.165) is 12.5 Å². The summed E-state index contributed by atoms with van der Waals surface area (Å²) in [6, 6.07) is 0.00159. The van der Waals surface area contributed by atoms with Gasteiger partial charge in [0.2, 0.25) is 0 Å². The van der Waals surface area contributed by atoms with E-state index in [1.54, 1.807) is 19.1 Å². The Morgan fingerprint density at radius 3 is 2.05 bits per heavy atom. The van der Waals surface area contributed by atoms with Crippen LogP contribution >= 0.6 is 0 Å². The Hall–Kier alpha value is -0.810. The Kier molecular flexibility index (Phi) is 9.42. The smallest absolute Gasteiger partial charge is 0.317 e. The zero-order chi connectivity index (χ0) is 15.5. The Balaban J connectivity index is 2.28. The number of nitrogens with zero attached hydrogens (tertiary/aromatic N) is 1. The predicted octanol–water partition coefficient (Wildman–Crippen LogP) is 2.51. The van der Waals surface area contributed by atoms with Crippen LogP contribution in [0.3, 0.4) is 0 Å². The van der Waals surface area contributed by atoms with Crippen LogP contribution in [0.5, 0.6) is 0 Å². The Bertz CT molecular complexity index is 271. The molecule has 0 aromatic carbocycles. The second kappa shape index (κ2) is 10.9. The fraction of sp³-hybridized carbons (Fsp3) is 0.938. The van der Waals surface area contributed by atoms with Gasteiger partial charge in [0.05, 0.1) is 13.2 Å². The minimum Gasteiger partial charge on any atom is -0.383 e. The third kappa shape index (κ3) is 7.14. The minimum atomic E-state index is 0.00159. The molecule has 5 nitrogen and oxygen atoms in total. The van der Waals surface area contributed by atoms with Crippen LogP contribution in [0.25, 0.3) is 0 Å². The van der Waals surface area contributed by atoms with Gasteiger partial charge in [-0.15, -0.1) is 0 Å². The molecule has 1 aliphatic rings. The molecule has 0 saturated heterocycles. The first-order valence-electron chi connectivity index (χ1n) is 8.21. The van der Waals surface area contributed by atoms with Crippen LogP contribution in [0.15, 0.2) is 0 Å². The van der Waals surface area contributed by atoms with Crippen molar-refractivity contribution in [3.05, 3.63) is 0 Å². The molecule has 1 rings (SSSR count). The zero-order valence-electron chi connectivity index (χ0n) is 13.9. The SMILES string of the molecule is CCC1CCC(CNC(=O)N(CCOC)CCOC)CC1. The van der Waals surface area contributed by atoms with Gasteiger partial charge in [-0.1, -0.05) is 26.2 Å². The van der Waals surface area contributed by atoms with Crippen molar-refractivity contribution in [1.82, 2.24) is 10.2 Å². The molecular formula is C16H32N2O3. The highest BCUT2D eigenvalue weighted by Gasteiger charge is 2.21.